The molecule has 2 nitrogen and oxygen atoms in total. The predicted molar refractivity (Wildman–Crippen MR) is 81.7 cm³/mol. The van der Waals surface area contributed by atoms with Crippen LogP contribution in [0.15, 0.2) is 17.7 Å². The van der Waals surface area contributed by atoms with Crippen LogP contribution in [0.5, 0.6) is 0 Å². The van der Waals surface area contributed by atoms with Crippen molar-refractivity contribution in [3.63, 3.8) is 0 Å². The molecule has 0 unspecified atom stereocenters. The molecule has 18 heavy (non-hydrogen) atoms. The van der Waals surface area contributed by atoms with Gasteiger partial charge in [0.25, 0.3) is 0 Å². The summed E-state index contributed by atoms with van der Waals surface area (Å²) in [5.74, 6) is 2.01. The zero-order valence-corrected chi connectivity index (χ0v) is 13.1. The van der Waals surface area contributed by atoms with Crippen LogP contribution in [0.1, 0.15) is 53.1 Å². The molecule has 1 rings (SSSR count). The van der Waals surface area contributed by atoms with Crippen LogP contribution in [-0.2, 0) is 5.41 Å². The molecule has 0 saturated carbocycles. The Hall–Kier alpha value is -0.830. The summed E-state index contributed by atoms with van der Waals surface area (Å²) < 4.78 is 0. The van der Waals surface area contributed by atoms with Crippen LogP contribution >= 0.6 is 11.8 Å². The van der Waals surface area contributed by atoms with Gasteiger partial charge in [0, 0.05) is 17.4 Å². The van der Waals surface area contributed by atoms with Crippen molar-refractivity contribution in [3.8, 4) is 0 Å². The van der Waals surface area contributed by atoms with Crippen molar-refractivity contribution in [2.24, 2.45) is 5.41 Å². The van der Waals surface area contributed by atoms with E-state index in [1.165, 1.54) is 0 Å². The van der Waals surface area contributed by atoms with Gasteiger partial charge < -0.3 is 0 Å². The minimum Gasteiger partial charge on any atom is -0.241 e. The average Bonchev–Trinajstić information content (AvgIpc) is 2.22. The molecule has 0 aliphatic carbocycles. The van der Waals surface area contributed by atoms with Crippen molar-refractivity contribution in [1.82, 2.24) is 9.97 Å². The van der Waals surface area contributed by atoms with Crippen LogP contribution in [0.2, 0.25) is 0 Å². The Balaban J connectivity index is 2.66. The van der Waals surface area contributed by atoms with Crippen molar-refractivity contribution < 1.29 is 0 Å². The first-order valence-corrected chi connectivity index (χ1v) is 7.35. The molecule has 0 saturated heterocycles. The molecule has 0 aliphatic heterocycles. The van der Waals surface area contributed by atoms with Gasteiger partial charge in [0.05, 0.1) is 5.69 Å². The second-order valence-electron chi connectivity index (χ2n) is 6.73. The summed E-state index contributed by atoms with van der Waals surface area (Å²) in [5.41, 5.74) is 1.34. The Morgan fingerprint density at radius 3 is 2.39 bits per heavy atom. The van der Waals surface area contributed by atoms with Crippen LogP contribution in [0.3, 0.4) is 0 Å². The summed E-state index contributed by atoms with van der Waals surface area (Å²) in [6.07, 6.45) is 3.90. The van der Waals surface area contributed by atoms with Gasteiger partial charge in [-0.1, -0.05) is 41.5 Å². The molecule has 0 bridgehead atoms. The molecule has 1 heterocycles. The summed E-state index contributed by atoms with van der Waals surface area (Å²) in [5, 5.41) is 2.13. The van der Waals surface area contributed by atoms with E-state index in [9.17, 15) is 0 Å². The second-order valence-corrected chi connectivity index (χ2v) is 7.62. The lowest BCUT2D eigenvalue weighted by atomic mass is 9.96. The van der Waals surface area contributed by atoms with Crippen LogP contribution in [0, 0.1) is 5.41 Å². The van der Waals surface area contributed by atoms with Crippen LogP contribution in [-0.4, -0.2) is 15.7 Å². The third-order valence-electron chi connectivity index (χ3n) is 2.20. The van der Waals surface area contributed by atoms with Gasteiger partial charge in [-0.2, -0.15) is 0 Å². The first-order valence-electron chi connectivity index (χ1n) is 6.30. The maximum atomic E-state index is 4.57. The maximum absolute atomic E-state index is 4.57. The largest absolute Gasteiger partial charge is 0.241 e. The molecule has 0 atom stereocenters. The lowest BCUT2D eigenvalue weighted by molar-refractivity contribution is 0.481. The summed E-state index contributed by atoms with van der Waals surface area (Å²) in [6.45, 7) is 13.1. The summed E-state index contributed by atoms with van der Waals surface area (Å²) in [4.78, 5) is 8.89. The monoisotopic (exact) mass is 264 g/mol. The topological polar surface area (TPSA) is 25.8 Å². The van der Waals surface area contributed by atoms with E-state index >= 15 is 0 Å². The third-order valence-corrected chi connectivity index (χ3v) is 3.56. The molecule has 1 aromatic rings. The van der Waals surface area contributed by atoms with Crippen molar-refractivity contribution in [2.75, 3.05) is 5.75 Å². The number of rotatable bonds is 3. The third kappa shape index (κ3) is 5.67. The minimum absolute atomic E-state index is 0.00238. The summed E-state index contributed by atoms with van der Waals surface area (Å²) in [6, 6.07) is 1.95. The van der Waals surface area contributed by atoms with Crippen molar-refractivity contribution in [3.05, 3.63) is 29.2 Å². The molecule has 0 radical (unpaired) electrons. The van der Waals surface area contributed by atoms with Gasteiger partial charge in [0.15, 0.2) is 0 Å². The standard InChI is InChI=1S/C15H24N2S/c1-14(2,3)11-18-10-8-12-7-9-16-13(17-12)15(4,5)6/h7-10H,11H2,1-6H3/b10-8+. The molecule has 0 aliphatic rings. The maximum Gasteiger partial charge on any atom is 0.134 e. The van der Waals surface area contributed by atoms with E-state index in [-0.39, 0.29) is 5.41 Å². The zero-order valence-electron chi connectivity index (χ0n) is 12.3. The first-order chi connectivity index (χ1) is 8.18. The van der Waals surface area contributed by atoms with Gasteiger partial charge in [0.1, 0.15) is 5.82 Å². The normalized spacial score (nSPS) is 13.2. The highest BCUT2D eigenvalue weighted by Crippen LogP contribution is 2.22. The molecule has 100 valence electrons. The molecule has 1 aromatic heterocycles. The second kappa shape index (κ2) is 5.87. The fourth-order valence-electron chi connectivity index (χ4n) is 1.24. The number of thioether (sulfide) groups is 1. The molecular formula is C15H24N2S. The average molecular weight is 264 g/mol. The van der Waals surface area contributed by atoms with Gasteiger partial charge in [0.2, 0.25) is 0 Å². The van der Waals surface area contributed by atoms with Gasteiger partial charge in [-0.15, -0.1) is 11.8 Å². The molecule has 0 amide bonds. The smallest absolute Gasteiger partial charge is 0.134 e. The fourth-order valence-corrected chi connectivity index (χ4v) is 2.07. The van der Waals surface area contributed by atoms with Gasteiger partial charge in [-0.05, 0) is 23.0 Å². The molecule has 0 aromatic carbocycles. The van der Waals surface area contributed by atoms with E-state index in [2.05, 4.69) is 63.0 Å². The Kier molecular flexibility index (Phi) is 4.97. The number of hydrogen-bond acceptors (Lipinski definition) is 3. The van der Waals surface area contributed by atoms with Crippen molar-refractivity contribution in [2.45, 2.75) is 47.0 Å². The van der Waals surface area contributed by atoms with Gasteiger partial charge in [-0.3, -0.25) is 0 Å². The minimum atomic E-state index is 0.00238. The highest BCUT2D eigenvalue weighted by atomic mass is 32.2. The highest BCUT2D eigenvalue weighted by molar-refractivity contribution is 8.02. The molecule has 3 heteroatoms. The van der Waals surface area contributed by atoms with Gasteiger partial charge >= 0.3 is 0 Å². The number of nitrogens with zero attached hydrogens (tertiary/aromatic N) is 2. The SMILES string of the molecule is CC(C)(C)CS/C=C/c1ccnc(C(C)(C)C)n1. The highest BCUT2D eigenvalue weighted by Gasteiger charge is 2.16. The molecule has 0 N–H and O–H groups in total. The molecule has 0 spiro atoms. The van der Waals surface area contributed by atoms with Crippen LogP contribution in [0.25, 0.3) is 6.08 Å². The molecule has 0 fully saturated rings. The molecular weight excluding hydrogens is 240 g/mol. The van der Waals surface area contributed by atoms with E-state index < -0.39 is 0 Å². The lowest BCUT2D eigenvalue weighted by Gasteiger charge is -2.16. The fraction of sp³-hybridized carbons (Fsp3) is 0.600. The van der Waals surface area contributed by atoms with Crippen LogP contribution in [0.4, 0.5) is 0 Å². The van der Waals surface area contributed by atoms with Crippen LogP contribution < -0.4 is 0 Å². The lowest BCUT2D eigenvalue weighted by Crippen LogP contribution is -2.16. The van der Waals surface area contributed by atoms with E-state index in [0.717, 1.165) is 17.3 Å². The van der Waals surface area contributed by atoms with Gasteiger partial charge in [-0.25, -0.2) is 9.97 Å². The predicted octanol–water partition coefficient (Wildman–Crippen LogP) is 4.52. The Morgan fingerprint density at radius 2 is 1.83 bits per heavy atom. The van der Waals surface area contributed by atoms with E-state index in [1.54, 1.807) is 0 Å². The van der Waals surface area contributed by atoms with E-state index in [4.69, 9.17) is 0 Å². The van der Waals surface area contributed by atoms with Crippen molar-refractivity contribution in [1.29, 1.82) is 0 Å². The Labute approximate surface area is 115 Å². The van der Waals surface area contributed by atoms with Crippen molar-refractivity contribution >= 4 is 17.8 Å². The quantitative estimate of drug-likeness (QED) is 0.802. The number of aromatic nitrogens is 2. The summed E-state index contributed by atoms with van der Waals surface area (Å²) in [7, 11) is 0. The first kappa shape index (κ1) is 15.2. The number of hydrogen-bond donors (Lipinski definition) is 0. The van der Waals surface area contributed by atoms with E-state index in [1.807, 2.05) is 24.0 Å². The Morgan fingerprint density at radius 1 is 1.17 bits per heavy atom. The zero-order chi connectivity index (χ0) is 13.8. The summed E-state index contributed by atoms with van der Waals surface area (Å²) >= 11 is 1.83. The van der Waals surface area contributed by atoms with E-state index in [0.29, 0.717) is 5.41 Å². The Bertz CT molecular complexity index is 411.